The molecule has 0 amide bonds. The van der Waals surface area contributed by atoms with Crippen LogP contribution in [0, 0.1) is 5.41 Å². The Bertz CT molecular complexity index is 145. The number of hydrogen-bond acceptors (Lipinski definition) is 3. The van der Waals surface area contributed by atoms with Gasteiger partial charge in [-0.1, -0.05) is 13.8 Å². The molecule has 0 saturated carbocycles. The van der Waals surface area contributed by atoms with E-state index in [0.29, 0.717) is 12.0 Å². The molecule has 1 atom stereocenters. The Morgan fingerprint density at radius 1 is 1.38 bits per heavy atom. The van der Waals surface area contributed by atoms with E-state index in [-0.39, 0.29) is 12.6 Å². The van der Waals surface area contributed by atoms with Gasteiger partial charge in [0.1, 0.15) is 0 Å². The quantitative estimate of drug-likeness (QED) is 0.672. The summed E-state index contributed by atoms with van der Waals surface area (Å²) in [5.74, 6) is 0. The molecular weight excluding hydrogens is 164 g/mol. The standard InChI is InChI=1S/C10H22N2O/c1-10(2)3-5-12(6-4-10)9(7-11)8-13/h9,13H,3-8,11H2,1-2H3. The first-order valence-electron chi connectivity index (χ1n) is 5.14. The first-order chi connectivity index (χ1) is 6.09. The molecule has 1 rings (SSSR count). The minimum Gasteiger partial charge on any atom is -0.395 e. The molecule has 0 aromatic heterocycles. The van der Waals surface area contributed by atoms with Crippen molar-refractivity contribution in [3.63, 3.8) is 0 Å². The van der Waals surface area contributed by atoms with Crippen LogP contribution in [0.4, 0.5) is 0 Å². The predicted octanol–water partition coefficient (Wildman–Crippen LogP) is 0.428. The Balaban J connectivity index is 2.39. The van der Waals surface area contributed by atoms with Crippen LogP contribution in [0.3, 0.4) is 0 Å². The van der Waals surface area contributed by atoms with Crippen molar-refractivity contribution >= 4 is 0 Å². The predicted molar refractivity (Wildman–Crippen MR) is 54.5 cm³/mol. The highest BCUT2D eigenvalue weighted by Crippen LogP contribution is 2.30. The molecule has 1 aliphatic rings. The fourth-order valence-electron chi connectivity index (χ4n) is 1.83. The number of hydrogen-bond donors (Lipinski definition) is 2. The monoisotopic (exact) mass is 186 g/mol. The molecular formula is C10H22N2O. The molecule has 3 nitrogen and oxygen atoms in total. The molecule has 0 bridgehead atoms. The lowest BCUT2D eigenvalue weighted by atomic mass is 9.82. The van der Waals surface area contributed by atoms with Gasteiger partial charge in [0.2, 0.25) is 0 Å². The average molecular weight is 186 g/mol. The van der Waals surface area contributed by atoms with Gasteiger partial charge in [-0.05, 0) is 31.3 Å². The molecule has 13 heavy (non-hydrogen) atoms. The molecule has 78 valence electrons. The largest absolute Gasteiger partial charge is 0.395 e. The van der Waals surface area contributed by atoms with Gasteiger partial charge in [-0.25, -0.2) is 0 Å². The molecule has 1 heterocycles. The summed E-state index contributed by atoms with van der Waals surface area (Å²) in [4.78, 5) is 2.31. The van der Waals surface area contributed by atoms with E-state index < -0.39 is 0 Å². The first-order valence-corrected chi connectivity index (χ1v) is 5.14. The van der Waals surface area contributed by atoms with Gasteiger partial charge in [0.25, 0.3) is 0 Å². The molecule has 1 fully saturated rings. The zero-order chi connectivity index (χ0) is 9.90. The number of rotatable bonds is 3. The number of aliphatic hydroxyl groups is 1. The van der Waals surface area contributed by atoms with Crippen molar-refractivity contribution < 1.29 is 5.11 Å². The summed E-state index contributed by atoms with van der Waals surface area (Å²) in [6.45, 7) is 7.53. The maximum atomic E-state index is 9.09. The maximum absolute atomic E-state index is 9.09. The minimum atomic E-state index is 0.177. The summed E-state index contributed by atoms with van der Waals surface area (Å²) >= 11 is 0. The summed E-state index contributed by atoms with van der Waals surface area (Å²) in [5, 5.41) is 9.09. The molecule has 0 aromatic carbocycles. The number of nitrogens with zero attached hydrogens (tertiary/aromatic N) is 1. The number of likely N-dealkylation sites (tertiary alicyclic amines) is 1. The van der Waals surface area contributed by atoms with Gasteiger partial charge in [0.05, 0.1) is 6.61 Å². The first kappa shape index (κ1) is 11.0. The van der Waals surface area contributed by atoms with Gasteiger partial charge in [-0.15, -0.1) is 0 Å². The van der Waals surface area contributed by atoms with Crippen LogP contribution in [-0.4, -0.2) is 42.3 Å². The Morgan fingerprint density at radius 3 is 2.31 bits per heavy atom. The van der Waals surface area contributed by atoms with E-state index in [0.717, 1.165) is 13.1 Å². The Kier molecular flexibility index (Phi) is 3.71. The van der Waals surface area contributed by atoms with Gasteiger partial charge < -0.3 is 10.8 Å². The van der Waals surface area contributed by atoms with Gasteiger partial charge in [-0.3, -0.25) is 4.90 Å². The third kappa shape index (κ3) is 2.93. The highest BCUT2D eigenvalue weighted by Gasteiger charge is 2.28. The van der Waals surface area contributed by atoms with Crippen LogP contribution in [0.15, 0.2) is 0 Å². The lowest BCUT2D eigenvalue weighted by Crippen LogP contribution is -2.48. The highest BCUT2D eigenvalue weighted by molar-refractivity contribution is 4.82. The van der Waals surface area contributed by atoms with Gasteiger partial charge in [-0.2, -0.15) is 0 Å². The molecule has 0 radical (unpaired) electrons. The summed E-state index contributed by atoms with van der Waals surface area (Å²) in [7, 11) is 0. The molecule has 1 aliphatic heterocycles. The van der Waals surface area contributed by atoms with Crippen molar-refractivity contribution in [2.75, 3.05) is 26.2 Å². The third-order valence-corrected chi connectivity index (χ3v) is 3.15. The van der Waals surface area contributed by atoms with Crippen molar-refractivity contribution in [1.82, 2.24) is 4.90 Å². The van der Waals surface area contributed by atoms with E-state index >= 15 is 0 Å². The van der Waals surface area contributed by atoms with Crippen molar-refractivity contribution in [3.8, 4) is 0 Å². The van der Waals surface area contributed by atoms with Gasteiger partial charge in [0, 0.05) is 12.6 Å². The van der Waals surface area contributed by atoms with Crippen LogP contribution in [0.1, 0.15) is 26.7 Å². The van der Waals surface area contributed by atoms with Crippen LogP contribution in [0.25, 0.3) is 0 Å². The Morgan fingerprint density at radius 2 is 1.92 bits per heavy atom. The second-order valence-electron chi connectivity index (χ2n) is 4.77. The van der Waals surface area contributed by atoms with Crippen LogP contribution in [-0.2, 0) is 0 Å². The smallest absolute Gasteiger partial charge is 0.0599 e. The molecule has 0 spiro atoms. The normalized spacial score (nSPS) is 25.8. The zero-order valence-corrected chi connectivity index (χ0v) is 8.79. The molecule has 0 aromatic rings. The van der Waals surface area contributed by atoms with E-state index in [1.807, 2.05) is 0 Å². The summed E-state index contributed by atoms with van der Waals surface area (Å²) < 4.78 is 0. The van der Waals surface area contributed by atoms with Crippen LogP contribution < -0.4 is 5.73 Å². The van der Waals surface area contributed by atoms with Gasteiger partial charge in [0.15, 0.2) is 0 Å². The Hall–Kier alpha value is -0.120. The van der Waals surface area contributed by atoms with Crippen molar-refractivity contribution in [2.45, 2.75) is 32.7 Å². The second-order valence-corrected chi connectivity index (χ2v) is 4.77. The zero-order valence-electron chi connectivity index (χ0n) is 8.79. The lowest BCUT2D eigenvalue weighted by Gasteiger charge is -2.40. The minimum absolute atomic E-state index is 0.177. The van der Waals surface area contributed by atoms with Crippen molar-refractivity contribution in [3.05, 3.63) is 0 Å². The Labute approximate surface area is 80.9 Å². The fourth-order valence-corrected chi connectivity index (χ4v) is 1.83. The van der Waals surface area contributed by atoms with Crippen LogP contribution >= 0.6 is 0 Å². The van der Waals surface area contributed by atoms with E-state index in [1.54, 1.807) is 0 Å². The second kappa shape index (κ2) is 4.40. The molecule has 1 saturated heterocycles. The lowest BCUT2D eigenvalue weighted by molar-refractivity contribution is 0.0662. The van der Waals surface area contributed by atoms with Crippen molar-refractivity contribution in [2.24, 2.45) is 11.1 Å². The van der Waals surface area contributed by atoms with E-state index in [4.69, 9.17) is 10.8 Å². The molecule has 1 unspecified atom stereocenters. The van der Waals surface area contributed by atoms with Crippen LogP contribution in [0.2, 0.25) is 0 Å². The molecule has 0 aliphatic carbocycles. The highest BCUT2D eigenvalue weighted by atomic mass is 16.3. The average Bonchev–Trinajstić information content (AvgIpc) is 2.09. The molecule has 3 heteroatoms. The number of aliphatic hydroxyl groups excluding tert-OH is 1. The number of nitrogens with two attached hydrogens (primary N) is 1. The summed E-state index contributed by atoms with van der Waals surface area (Å²) in [6.07, 6.45) is 2.42. The van der Waals surface area contributed by atoms with Gasteiger partial charge >= 0.3 is 0 Å². The molecule has 3 N–H and O–H groups in total. The van der Waals surface area contributed by atoms with Crippen LogP contribution in [0.5, 0.6) is 0 Å². The van der Waals surface area contributed by atoms with E-state index in [9.17, 15) is 0 Å². The summed E-state index contributed by atoms with van der Waals surface area (Å²) in [5.41, 5.74) is 6.06. The topological polar surface area (TPSA) is 49.5 Å². The van der Waals surface area contributed by atoms with E-state index in [1.165, 1.54) is 12.8 Å². The maximum Gasteiger partial charge on any atom is 0.0599 e. The number of piperidine rings is 1. The fraction of sp³-hybridized carbons (Fsp3) is 1.00. The van der Waals surface area contributed by atoms with E-state index in [2.05, 4.69) is 18.7 Å². The third-order valence-electron chi connectivity index (χ3n) is 3.15. The summed E-state index contributed by atoms with van der Waals surface area (Å²) in [6, 6.07) is 0.177. The SMILES string of the molecule is CC1(C)CCN(C(CN)CO)CC1. The van der Waals surface area contributed by atoms with Crippen molar-refractivity contribution in [1.29, 1.82) is 0 Å².